The predicted molar refractivity (Wildman–Crippen MR) is 52.4 cm³/mol. The average molecular weight is 242 g/mol. The predicted octanol–water partition coefficient (Wildman–Crippen LogP) is 0.622. The van der Waals surface area contributed by atoms with Crippen LogP contribution in [0.25, 0.3) is 0 Å². The number of hydrogen-bond acceptors (Lipinski definition) is 4. The van der Waals surface area contributed by atoms with Crippen LogP contribution in [0.3, 0.4) is 0 Å². The molecule has 3 N–H and O–H groups in total. The van der Waals surface area contributed by atoms with Gasteiger partial charge in [-0.15, -0.1) is 0 Å². The summed E-state index contributed by atoms with van der Waals surface area (Å²) in [6, 6.07) is 1.82. The maximum Gasteiger partial charge on any atom is 0.146 e. The van der Waals surface area contributed by atoms with Gasteiger partial charge >= 0.3 is 0 Å². The first-order valence-corrected chi connectivity index (χ1v) is 4.60. The van der Waals surface area contributed by atoms with Crippen LogP contribution in [-0.4, -0.2) is 17.8 Å². The van der Waals surface area contributed by atoms with Crippen LogP contribution in [0.4, 0.5) is 5.82 Å². The number of aldehydes is 1. The van der Waals surface area contributed by atoms with Crippen molar-refractivity contribution in [3.8, 4) is 0 Å². The number of fused-ring (bicyclic) bond motifs is 1. The van der Waals surface area contributed by atoms with E-state index in [2.05, 4.69) is 26.2 Å². The lowest BCUT2D eigenvalue weighted by atomic mass is 9.97. The van der Waals surface area contributed by atoms with Gasteiger partial charge in [-0.1, -0.05) is 0 Å². The van der Waals surface area contributed by atoms with E-state index in [1.165, 1.54) is 0 Å². The van der Waals surface area contributed by atoms with Gasteiger partial charge in [-0.05, 0) is 22.0 Å². The highest BCUT2D eigenvalue weighted by Gasteiger charge is 2.35. The molecule has 1 aromatic heterocycles. The van der Waals surface area contributed by atoms with Crippen molar-refractivity contribution in [1.29, 1.82) is 0 Å². The van der Waals surface area contributed by atoms with E-state index < -0.39 is 5.54 Å². The SMILES string of the molecule is NC1(C=O)CNc2ncc(Br)cc21. The Labute approximate surface area is 83.7 Å². The molecule has 0 fully saturated rings. The van der Waals surface area contributed by atoms with Gasteiger partial charge in [0.15, 0.2) is 0 Å². The van der Waals surface area contributed by atoms with Crippen molar-refractivity contribution in [2.75, 3.05) is 11.9 Å². The highest BCUT2D eigenvalue weighted by atomic mass is 79.9. The van der Waals surface area contributed by atoms with Crippen LogP contribution in [-0.2, 0) is 10.3 Å². The van der Waals surface area contributed by atoms with Crippen LogP contribution < -0.4 is 11.1 Å². The Kier molecular flexibility index (Phi) is 1.85. The van der Waals surface area contributed by atoms with Crippen LogP contribution in [0.5, 0.6) is 0 Å². The molecule has 13 heavy (non-hydrogen) atoms. The molecule has 0 saturated heterocycles. The van der Waals surface area contributed by atoms with Crippen LogP contribution in [0, 0.1) is 0 Å². The zero-order chi connectivity index (χ0) is 9.47. The normalized spacial score (nSPS) is 25.1. The fraction of sp³-hybridized carbons (Fsp3) is 0.250. The molecular formula is C8H8BrN3O. The Balaban J connectivity index is 2.58. The van der Waals surface area contributed by atoms with Crippen LogP contribution >= 0.6 is 15.9 Å². The summed E-state index contributed by atoms with van der Waals surface area (Å²) < 4.78 is 0.826. The molecule has 0 spiro atoms. The number of anilines is 1. The molecule has 1 aliphatic rings. The van der Waals surface area contributed by atoms with E-state index in [0.29, 0.717) is 12.4 Å². The Morgan fingerprint density at radius 1 is 1.77 bits per heavy atom. The van der Waals surface area contributed by atoms with Crippen molar-refractivity contribution in [2.24, 2.45) is 5.73 Å². The zero-order valence-electron chi connectivity index (χ0n) is 6.75. The molecule has 2 heterocycles. The van der Waals surface area contributed by atoms with Crippen LogP contribution in [0.15, 0.2) is 16.7 Å². The third kappa shape index (κ3) is 1.24. The van der Waals surface area contributed by atoms with E-state index in [4.69, 9.17) is 5.73 Å². The largest absolute Gasteiger partial charge is 0.367 e. The molecule has 0 saturated carbocycles. The Morgan fingerprint density at radius 3 is 3.23 bits per heavy atom. The minimum Gasteiger partial charge on any atom is -0.367 e. The first kappa shape index (κ1) is 8.65. The molecule has 1 unspecified atom stereocenters. The summed E-state index contributed by atoms with van der Waals surface area (Å²) in [5.41, 5.74) is 5.67. The van der Waals surface area contributed by atoms with Crippen molar-refractivity contribution >= 4 is 28.0 Å². The minimum atomic E-state index is -0.924. The third-order valence-electron chi connectivity index (χ3n) is 2.11. The lowest BCUT2D eigenvalue weighted by Gasteiger charge is -2.14. The number of rotatable bonds is 1. The van der Waals surface area contributed by atoms with E-state index in [1.807, 2.05) is 6.07 Å². The fourth-order valence-electron chi connectivity index (χ4n) is 1.37. The Morgan fingerprint density at radius 2 is 2.54 bits per heavy atom. The van der Waals surface area contributed by atoms with E-state index in [9.17, 15) is 4.79 Å². The highest BCUT2D eigenvalue weighted by Crippen LogP contribution is 2.31. The van der Waals surface area contributed by atoms with Gasteiger partial charge in [0.05, 0.1) is 0 Å². The fourth-order valence-corrected chi connectivity index (χ4v) is 1.70. The molecule has 0 amide bonds. The number of aromatic nitrogens is 1. The number of hydrogen-bond donors (Lipinski definition) is 2. The second-order valence-electron chi connectivity index (χ2n) is 3.06. The maximum absolute atomic E-state index is 10.8. The van der Waals surface area contributed by atoms with Crippen molar-refractivity contribution in [1.82, 2.24) is 4.98 Å². The molecule has 0 radical (unpaired) electrons. The van der Waals surface area contributed by atoms with Crippen molar-refractivity contribution in [3.63, 3.8) is 0 Å². The summed E-state index contributed by atoms with van der Waals surface area (Å²) in [6.45, 7) is 0.412. The maximum atomic E-state index is 10.8. The molecule has 0 aromatic carbocycles. The number of carbonyl (C=O) groups is 1. The summed E-state index contributed by atoms with van der Waals surface area (Å²) in [7, 11) is 0. The van der Waals surface area contributed by atoms with E-state index in [-0.39, 0.29) is 0 Å². The number of nitrogens with two attached hydrogens (primary N) is 1. The molecule has 4 nitrogen and oxygen atoms in total. The molecule has 0 aliphatic carbocycles. The van der Waals surface area contributed by atoms with Gasteiger partial charge in [-0.2, -0.15) is 0 Å². The van der Waals surface area contributed by atoms with E-state index >= 15 is 0 Å². The molecule has 1 atom stereocenters. The standard InChI is InChI=1S/C8H8BrN3O/c9-5-1-6-7(11-2-5)12-3-8(6,10)4-13/h1-2,4H,3,10H2,(H,11,12). The summed E-state index contributed by atoms with van der Waals surface area (Å²) in [6.07, 6.45) is 2.42. The van der Waals surface area contributed by atoms with Crippen LogP contribution in [0.2, 0.25) is 0 Å². The molecule has 2 rings (SSSR count). The van der Waals surface area contributed by atoms with Gasteiger partial charge in [0.1, 0.15) is 17.6 Å². The lowest BCUT2D eigenvalue weighted by molar-refractivity contribution is -0.111. The Bertz CT molecular complexity index is 368. The van der Waals surface area contributed by atoms with Gasteiger partial charge in [0, 0.05) is 22.8 Å². The van der Waals surface area contributed by atoms with Crippen molar-refractivity contribution in [3.05, 3.63) is 22.3 Å². The molecular weight excluding hydrogens is 234 g/mol. The smallest absolute Gasteiger partial charge is 0.146 e. The van der Waals surface area contributed by atoms with E-state index in [1.54, 1.807) is 6.20 Å². The van der Waals surface area contributed by atoms with Gasteiger partial charge in [-0.25, -0.2) is 4.98 Å². The number of halogens is 1. The molecule has 1 aliphatic heterocycles. The topological polar surface area (TPSA) is 68.0 Å². The number of pyridine rings is 1. The van der Waals surface area contributed by atoms with E-state index in [0.717, 1.165) is 16.3 Å². The summed E-state index contributed by atoms with van der Waals surface area (Å²) in [4.78, 5) is 14.9. The summed E-state index contributed by atoms with van der Waals surface area (Å²) in [5.74, 6) is 0.692. The first-order valence-electron chi connectivity index (χ1n) is 3.81. The molecule has 0 bridgehead atoms. The highest BCUT2D eigenvalue weighted by molar-refractivity contribution is 9.10. The molecule has 1 aromatic rings. The first-order chi connectivity index (χ1) is 6.15. The number of carbonyl (C=O) groups excluding carboxylic acids is 1. The number of nitrogens with one attached hydrogen (secondary N) is 1. The lowest BCUT2D eigenvalue weighted by Crippen LogP contribution is -2.40. The molecule has 5 heteroatoms. The van der Waals surface area contributed by atoms with Gasteiger partial charge in [0.25, 0.3) is 0 Å². The second kappa shape index (κ2) is 2.78. The van der Waals surface area contributed by atoms with Gasteiger partial charge in [0.2, 0.25) is 0 Å². The van der Waals surface area contributed by atoms with Crippen molar-refractivity contribution < 1.29 is 4.79 Å². The summed E-state index contributed by atoms with van der Waals surface area (Å²) >= 11 is 3.28. The monoisotopic (exact) mass is 241 g/mol. The van der Waals surface area contributed by atoms with Crippen molar-refractivity contribution in [2.45, 2.75) is 5.54 Å². The zero-order valence-corrected chi connectivity index (χ0v) is 8.34. The van der Waals surface area contributed by atoms with Gasteiger partial charge < -0.3 is 15.8 Å². The Hall–Kier alpha value is -0.940. The second-order valence-corrected chi connectivity index (χ2v) is 3.98. The summed E-state index contributed by atoms with van der Waals surface area (Å²) in [5, 5.41) is 2.98. The average Bonchev–Trinajstić information content (AvgIpc) is 2.45. The third-order valence-corrected chi connectivity index (χ3v) is 2.55. The minimum absolute atomic E-state index is 0.412. The molecule has 68 valence electrons. The quantitative estimate of drug-likeness (QED) is 0.708. The number of nitrogens with zero attached hydrogens (tertiary/aromatic N) is 1. The van der Waals surface area contributed by atoms with Crippen LogP contribution in [0.1, 0.15) is 5.56 Å². The van der Waals surface area contributed by atoms with Gasteiger partial charge in [-0.3, -0.25) is 0 Å².